The van der Waals surface area contributed by atoms with Crippen molar-refractivity contribution in [3.05, 3.63) is 42.0 Å². The Hall–Kier alpha value is -2.70. The van der Waals surface area contributed by atoms with E-state index in [1.165, 1.54) is 35.7 Å². The van der Waals surface area contributed by atoms with Gasteiger partial charge in [-0.3, -0.25) is 0 Å². The molecule has 0 spiro atoms. The highest BCUT2D eigenvalue weighted by molar-refractivity contribution is 7.89. The maximum atomic E-state index is 12.7. The highest BCUT2D eigenvalue weighted by Gasteiger charge is 2.33. The first-order valence-corrected chi connectivity index (χ1v) is 9.01. The summed E-state index contributed by atoms with van der Waals surface area (Å²) in [6.07, 6.45) is 0.263. The zero-order chi connectivity index (χ0) is 17.9. The third kappa shape index (κ3) is 3.70. The largest absolute Gasteiger partial charge is 0.480 e. The summed E-state index contributed by atoms with van der Waals surface area (Å²) in [4.78, 5) is 0.163. The lowest BCUT2D eigenvalue weighted by molar-refractivity contribution is 0.203. The summed E-state index contributed by atoms with van der Waals surface area (Å²) in [6, 6.07) is 11.1. The molecule has 0 amide bonds. The molecular weight excluding hydrogens is 344 g/mol. The van der Waals surface area contributed by atoms with Crippen LogP contribution in [0.15, 0.2) is 41.3 Å². The normalized spacial score (nSPS) is 17.8. The quantitative estimate of drug-likeness (QED) is 0.789. The van der Waals surface area contributed by atoms with Crippen molar-refractivity contribution in [3.8, 4) is 17.8 Å². The summed E-state index contributed by atoms with van der Waals surface area (Å²) in [7, 11) is -2.12. The summed E-state index contributed by atoms with van der Waals surface area (Å²) in [5.41, 5.74) is 0.416. The number of hydrogen-bond acceptors (Lipinski definition) is 7. The van der Waals surface area contributed by atoms with Gasteiger partial charge in [0.2, 0.25) is 21.8 Å². The van der Waals surface area contributed by atoms with Crippen molar-refractivity contribution in [3.63, 3.8) is 0 Å². The van der Waals surface area contributed by atoms with Crippen LogP contribution in [0.25, 0.3) is 0 Å². The van der Waals surface area contributed by atoms with Gasteiger partial charge in [-0.1, -0.05) is 0 Å². The van der Waals surface area contributed by atoms with E-state index in [4.69, 9.17) is 14.7 Å². The fourth-order valence-electron chi connectivity index (χ4n) is 2.51. The van der Waals surface area contributed by atoms with E-state index >= 15 is 0 Å². The molecule has 0 N–H and O–H groups in total. The van der Waals surface area contributed by atoms with Crippen molar-refractivity contribution in [1.29, 1.82) is 5.26 Å². The van der Waals surface area contributed by atoms with Crippen LogP contribution < -0.4 is 9.47 Å². The van der Waals surface area contributed by atoms with Gasteiger partial charge in [0.25, 0.3) is 0 Å². The average molecular weight is 360 g/mol. The Morgan fingerprint density at radius 3 is 2.44 bits per heavy atom. The SMILES string of the molecule is COc1ccc(OC2CCN(S(=O)(=O)c3ccc(C#N)cc3)C2)nn1. The Balaban J connectivity index is 1.67. The van der Waals surface area contributed by atoms with Gasteiger partial charge in [-0.2, -0.15) is 9.57 Å². The molecule has 1 fully saturated rings. The van der Waals surface area contributed by atoms with E-state index in [0.29, 0.717) is 30.3 Å². The van der Waals surface area contributed by atoms with Gasteiger partial charge in [0.05, 0.1) is 30.2 Å². The Morgan fingerprint density at radius 2 is 1.84 bits per heavy atom. The molecule has 1 aliphatic rings. The number of sulfonamides is 1. The van der Waals surface area contributed by atoms with E-state index in [2.05, 4.69) is 10.2 Å². The summed E-state index contributed by atoms with van der Waals surface area (Å²) < 4.78 is 37.3. The number of rotatable bonds is 5. The second-order valence-corrected chi connectivity index (χ2v) is 7.38. The molecule has 8 nitrogen and oxygen atoms in total. The van der Waals surface area contributed by atoms with Gasteiger partial charge in [-0.15, -0.1) is 10.2 Å². The minimum atomic E-state index is -3.61. The lowest BCUT2D eigenvalue weighted by atomic mass is 10.2. The van der Waals surface area contributed by atoms with Gasteiger partial charge in [0.1, 0.15) is 6.10 Å². The van der Waals surface area contributed by atoms with Gasteiger partial charge in [0, 0.05) is 18.7 Å². The molecule has 9 heteroatoms. The Bertz CT molecular complexity index is 876. The molecule has 25 heavy (non-hydrogen) atoms. The zero-order valence-electron chi connectivity index (χ0n) is 13.5. The van der Waals surface area contributed by atoms with Crippen LogP contribution in [0, 0.1) is 11.3 Å². The van der Waals surface area contributed by atoms with Crippen LogP contribution in [0.2, 0.25) is 0 Å². The third-order valence-electron chi connectivity index (χ3n) is 3.84. The molecule has 1 aromatic carbocycles. The molecule has 1 aromatic heterocycles. The molecule has 1 saturated heterocycles. The van der Waals surface area contributed by atoms with Crippen LogP contribution in [0.4, 0.5) is 0 Å². The van der Waals surface area contributed by atoms with E-state index in [0.717, 1.165) is 0 Å². The van der Waals surface area contributed by atoms with Crippen LogP contribution >= 0.6 is 0 Å². The maximum Gasteiger partial charge on any atom is 0.243 e. The second-order valence-electron chi connectivity index (χ2n) is 5.44. The van der Waals surface area contributed by atoms with E-state index in [1.807, 2.05) is 6.07 Å². The number of ether oxygens (including phenoxy) is 2. The van der Waals surface area contributed by atoms with Crippen molar-refractivity contribution in [2.45, 2.75) is 17.4 Å². The topological polar surface area (TPSA) is 105 Å². The molecule has 1 aliphatic heterocycles. The Labute approximate surface area is 145 Å². The molecule has 0 bridgehead atoms. The minimum Gasteiger partial charge on any atom is -0.480 e. The van der Waals surface area contributed by atoms with Crippen molar-refractivity contribution < 1.29 is 17.9 Å². The highest BCUT2D eigenvalue weighted by atomic mass is 32.2. The number of benzene rings is 1. The van der Waals surface area contributed by atoms with Crippen LogP contribution in [-0.4, -0.2) is 49.2 Å². The second kappa shape index (κ2) is 7.04. The third-order valence-corrected chi connectivity index (χ3v) is 5.72. The van der Waals surface area contributed by atoms with E-state index in [1.54, 1.807) is 12.1 Å². The lowest BCUT2D eigenvalue weighted by Gasteiger charge is -2.17. The standard InChI is InChI=1S/C16H16N4O4S/c1-23-15-6-7-16(19-18-15)24-13-8-9-20(11-13)25(21,22)14-4-2-12(10-17)3-5-14/h2-7,13H,8-9,11H2,1H3. The molecule has 3 rings (SSSR count). The van der Waals surface area contributed by atoms with E-state index < -0.39 is 10.0 Å². The predicted molar refractivity (Wildman–Crippen MR) is 87.5 cm³/mol. The summed E-state index contributed by atoms with van der Waals surface area (Å²) in [5.74, 6) is 0.701. The molecule has 2 aromatic rings. The molecule has 130 valence electrons. The first-order valence-electron chi connectivity index (χ1n) is 7.57. The van der Waals surface area contributed by atoms with E-state index in [9.17, 15) is 8.42 Å². The number of methoxy groups -OCH3 is 1. The Kier molecular flexibility index (Phi) is 4.83. The first-order chi connectivity index (χ1) is 12.0. The maximum absolute atomic E-state index is 12.7. The fraction of sp³-hybridized carbons (Fsp3) is 0.312. The number of nitriles is 1. The molecule has 0 saturated carbocycles. The van der Waals surface area contributed by atoms with E-state index in [-0.39, 0.29) is 17.5 Å². The molecular formula is C16H16N4O4S. The fourth-order valence-corrected chi connectivity index (χ4v) is 4.00. The van der Waals surface area contributed by atoms with Gasteiger partial charge in [-0.05, 0) is 30.7 Å². The monoisotopic (exact) mass is 360 g/mol. The van der Waals surface area contributed by atoms with Crippen LogP contribution in [0.5, 0.6) is 11.8 Å². The van der Waals surface area contributed by atoms with Gasteiger partial charge >= 0.3 is 0 Å². The lowest BCUT2D eigenvalue weighted by Crippen LogP contribution is -2.31. The number of hydrogen-bond donors (Lipinski definition) is 0. The van der Waals surface area contributed by atoms with Crippen LogP contribution in [0.3, 0.4) is 0 Å². The van der Waals surface area contributed by atoms with Gasteiger partial charge < -0.3 is 9.47 Å². The molecule has 1 atom stereocenters. The molecule has 0 aliphatic carbocycles. The van der Waals surface area contributed by atoms with Crippen molar-refractivity contribution in [1.82, 2.24) is 14.5 Å². The molecule has 0 radical (unpaired) electrons. The van der Waals surface area contributed by atoms with Gasteiger partial charge in [0.15, 0.2) is 0 Å². The molecule has 2 heterocycles. The Morgan fingerprint density at radius 1 is 1.16 bits per heavy atom. The van der Waals surface area contributed by atoms with Crippen molar-refractivity contribution in [2.24, 2.45) is 0 Å². The smallest absolute Gasteiger partial charge is 0.243 e. The van der Waals surface area contributed by atoms with Gasteiger partial charge in [-0.25, -0.2) is 8.42 Å². The van der Waals surface area contributed by atoms with Crippen LogP contribution in [0.1, 0.15) is 12.0 Å². The molecule has 1 unspecified atom stereocenters. The van der Waals surface area contributed by atoms with Crippen molar-refractivity contribution in [2.75, 3.05) is 20.2 Å². The summed E-state index contributed by atoms with van der Waals surface area (Å²) in [5, 5.41) is 16.5. The minimum absolute atomic E-state index is 0.163. The summed E-state index contributed by atoms with van der Waals surface area (Å²) >= 11 is 0. The number of nitrogens with zero attached hydrogens (tertiary/aromatic N) is 4. The van der Waals surface area contributed by atoms with Crippen LogP contribution in [-0.2, 0) is 10.0 Å². The number of aromatic nitrogens is 2. The summed E-state index contributed by atoms with van der Waals surface area (Å²) in [6.45, 7) is 0.590. The zero-order valence-corrected chi connectivity index (χ0v) is 14.3. The highest BCUT2D eigenvalue weighted by Crippen LogP contribution is 2.24. The van der Waals surface area contributed by atoms with Crippen molar-refractivity contribution >= 4 is 10.0 Å². The average Bonchev–Trinajstić information content (AvgIpc) is 3.12. The first kappa shape index (κ1) is 17.1. The predicted octanol–water partition coefficient (Wildman–Crippen LogP) is 1.20.